The molecule has 0 aliphatic heterocycles. The maximum Gasteiger partial charge on any atom is 0.530 e. The van der Waals surface area contributed by atoms with Crippen LogP contribution in [0.5, 0.6) is 23.0 Å². The number of hydrogen-bond donors (Lipinski definition) is 1. The van der Waals surface area contributed by atoms with Crippen molar-refractivity contribution in [2.75, 3.05) is 38.0 Å². The van der Waals surface area contributed by atoms with Crippen molar-refractivity contribution < 1.29 is 18.7 Å². The SMILES string of the molecule is CN(C)c1ccc(O)cc1.Cc1ccc(OP(Oc2ccc(C)cc2)Oc2ccc(N(C)C)cc2)cc1. The van der Waals surface area contributed by atoms with Gasteiger partial charge in [0.1, 0.15) is 23.0 Å². The average molecular weight is 519 g/mol. The van der Waals surface area contributed by atoms with Crippen molar-refractivity contribution in [2.45, 2.75) is 13.8 Å². The molecule has 4 aromatic rings. The first-order chi connectivity index (χ1) is 17.7. The maximum atomic E-state index is 8.92. The van der Waals surface area contributed by atoms with Crippen LogP contribution in [0.2, 0.25) is 0 Å². The van der Waals surface area contributed by atoms with Crippen molar-refractivity contribution in [1.29, 1.82) is 0 Å². The van der Waals surface area contributed by atoms with E-state index in [1.54, 1.807) is 12.1 Å². The summed E-state index contributed by atoms with van der Waals surface area (Å²) in [6.07, 6.45) is 0. The van der Waals surface area contributed by atoms with Crippen LogP contribution in [0.25, 0.3) is 0 Å². The Labute approximate surface area is 221 Å². The zero-order valence-corrected chi connectivity index (χ0v) is 23.1. The van der Waals surface area contributed by atoms with Crippen LogP contribution < -0.4 is 23.4 Å². The second-order valence-electron chi connectivity index (χ2n) is 8.92. The fourth-order valence-electron chi connectivity index (χ4n) is 3.07. The minimum absolute atomic E-state index is 0.311. The molecule has 0 bridgehead atoms. The van der Waals surface area contributed by atoms with Crippen molar-refractivity contribution in [3.8, 4) is 23.0 Å². The lowest BCUT2D eigenvalue weighted by molar-refractivity contribution is 0.388. The van der Waals surface area contributed by atoms with E-state index in [1.807, 2.05) is 137 Å². The van der Waals surface area contributed by atoms with Gasteiger partial charge in [-0.05, 0) is 86.6 Å². The average Bonchev–Trinajstić information content (AvgIpc) is 2.88. The molecule has 0 saturated heterocycles. The van der Waals surface area contributed by atoms with Gasteiger partial charge >= 0.3 is 8.60 Å². The molecule has 0 aliphatic rings. The molecule has 0 aliphatic carbocycles. The van der Waals surface area contributed by atoms with E-state index in [1.165, 1.54) is 11.1 Å². The quantitative estimate of drug-likeness (QED) is 0.243. The molecule has 7 heteroatoms. The molecular formula is C30H35N2O4P. The Morgan fingerprint density at radius 2 is 0.784 bits per heavy atom. The van der Waals surface area contributed by atoms with E-state index in [9.17, 15) is 0 Å². The molecule has 0 aromatic heterocycles. The van der Waals surface area contributed by atoms with Crippen LogP contribution in [0.1, 0.15) is 11.1 Å². The number of rotatable bonds is 8. The number of anilines is 2. The molecular weight excluding hydrogens is 483 g/mol. The van der Waals surface area contributed by atoms with E-state index >= 15 is 0 Å². The summed E-state index contributed by atoms with van der Waals surface area (Å²) in [5.74, 6) is 2.43. The molecule has 4 aromatic carbocycles. The number of phenolic OH excluding ortho intramolecular Hbond substituents is 1. The lowest BCUT2D eigenvalue weighted by atomic mass is 10.2. The summed E-state index contributed by atoms with van der Waals surface area (Å²) in [5, 5.41) is 8.92. The van der Waals surface area contributed by atoms with Crippen molar-refractivity contribution >= 4 is 20.0 Å². The first kappa shape index (κ1) is 27.7. The minimum Gasteiger partial charge on any atom is -0.508 e. The van der Waals surface area contributed by atoms with E-state index in [-0.39, 0.29) is 0 Å². The van der Waals surface area contributed by atoms with Crippen LogP contribution in [0.15, 0.2) is 97.1 Å². The highest BCUT2D eigenvalue weighted by Gasteiger charge is 2.20. The molecule has 194 valence electrons. The van der Waals surface area contributed by atoms with Crippen LogP contribution in [0.4, 0.5) is 11.4 Å². The molecule has 0 radical (unpaired) electrons. The Kier molecular flexibility index (Phi) is 10.0. The van der Waals surface area contributed by atoms with Crippen LogP contribution >= 0.6 is 8.60 Å². The Hall–Kier alpha value is -3.89. The van der Waals surface area contributed by atoms with E-state index in [4.69, 9.17) is 18.7 Å². The predicted octanol–water partition coefficient (Wildman–Crippen LogP) is 7.59. The third kappa shape index (κ3) is 9.25. The summed E-state index contributed by atoms with van der Waals surface area (Å²) < 4.78 is 18.0. The first-order valence-corrected chi connectivity index (χ1v) is 13.0. The van der Waals surface area contributed by atoms with Crippen LogP contribution in [0, 0.1) is 13.8 Å². The third-order valence-electron chi connectivity index (χ3n) is 5.30. The molecule has 6 nitrogen and oxygen atoms in total. The van der Waals surface area contributed by atoms with E-state index in [2.05, 4.69) is 0 Å². The predicted molar refractivity (Wildman–Crippen MR) is 154 cm³/mol. The highest BCUT2D eigenvalue weighted by molar-refractivity contribution is 7.43. The van der Waals surface area contributed by atoms with Gasteiger partial charge in [-0.3, -0.25) is 0 Å². The highest BCUT2D eigenvalue weighted by atomic mass is 31.2. The Balaban J connectivity index is 0.000000319. The molecule has 0 unspecified atom stereocenters. The van der Waals surface area contributed by atoms with Crippen LogP contribution in [-0.4, -0.2) is 33.3 Å². The number of benzene rings is 4. The molecule has 0 saturated carbocycles. The van der Waals surface area contributed by atoms with E-state index in [0.717, 1.165) is 11.4 Å². The van der Waals surface area contributed by atoms with Gasteiger partial charge in [-0.25, -0.2) is 0 Å². The van der Waals surface area contributed by atoms with Crippen molar-refractivity contribution in [3.63, 3.8) is 0 Å². The summed E-state index contributed by atoms with van der Waals surface area (Å²) in [5.41, 5.74) is 4.54. The molecule has 0 spiro atoms. The number of hydrogen-bond acceptors (Lipinski definition) is 6. The standard InChI is InChI=1S/C22H24NO3P.C8H11NO/c1-17-5-11-20(12-6-17)24-27(25-21-13-7-18(2)8-14-21)26-22-15-9-19(10-16-22)23(3)4;1-9(2)7-3-5-8(10)6-4-7/h5-16H,1-4H3;3-6,10H,1-2H3. The Morgan fingerprint density at radius 3 is 1.11 bits per heavy atom. The lowest BCUT2D eigenvalue weighted by Gasteiger charge is -2.19. The van der Waals surface area contributed by atoms with Gasteiger partial charge < -0.3 is 28.5 Å². The molecule has 1 N–H and O–H groups in total. The number of aromatic hydroxyl groups is 1. The number of aryl methyl sites for hydroxylation is 2. The van der Waals surface area contributed by atoms with Gasteiger partial charge in [-0.15, -0.1) is 0 Å². The lowest BCUT2D eigenvalue weighted by Crippen LogP contribution is -2.08. The zero-order chi connectivity index (χ0) is 26.8. The second kappa shape index (κ2) is 13.4. The topological polar surface area (TPSA) is 54.4 Å². The number of phenols is 1. The minimum atomic E-state index is -1.65. The smallest absolute Gasteiger partial charge is 0.508 e. The van der Waals surface area contributed by atoms with Gasteiger partial charge in [0.05, 0.1) is 0 Å². The van der Waals surface area contributed by atoms with Gasteiger partial charge in [0, 0.05) is 39.6 Å². The summed E-state index contributed by atoms with van der Waals surface area (Å²) >= 11 is 0. The normalized spacial score (nSPS) is 10.2. The summed E-state index contributed by atoms with van der Waals surface area (Å²) in [6, 6.07) is 30.6. The fourth-order valence-corrected chi connectivity index (χ4v) is 4.06. The summed E-state index contributed by atoms with van der Waals surface area (Å²) in [6.45, 7) is 4.08. The largest absolute Gasteiger partial charge is 0.530 e. The van der Waals surface area contributed by atoms with Crippen LogP contribution in [-0.2, 0) is 0 Å². The summed E-state index contributed by atoms with van der Waals surface area (Å²) in [4.78, 5) is 4.03. The van der Waals surface area contributed by atoms with Crippen molar-refractivity contribution in [1.82, 2.24) is 0 Å². The van der Waals surface area contributed by atoms with Gasteiger partial charge in [0.15, 0.2) is 0 Å². The third-order valence-corrected chi connectivity index (χ3v) is 6.38. The van der Waals surface area contributed by atoms with Crippen molar-refractivity contribution in [3.05, 3.63) is 108 Å². The molecule has 0 atom stereocenters. The van der Waals surface area contributed by atoms with E-state index in [0.29, 0.717) is 23.0 Å². The Morgan fingerprint density at radius 1 is 0.486 bits per heavy atom. The fraction of sp³-hybridized carbons (Fsp3) is 0.200. The molecule has 0 heterocycles. The second-order valence-corrected chi connectivity index (χ2v) is 9.92. The molecule has 0 amide bonds. The van der Waals surface area contributed by atoms with Gasteiger partial charge in [-0.1, -0.05) is 35.4 Å². The maximum absolute atomic E-state index is 8.92. The van der Waals surface area contributed by atoms with Gasteiger partial charge in [-0.2, -0.15) is 0 Å². The van der Waals surface area contributed by atoms with Gasteiger partial charge in [0.25, 0.3) is 0 Å². The zero-order valence-electron chi connectivity index (χ0n) is 22.3. The monoisotopic (exact) mass is 518 g/mol. The first-order valence-electron chi connectivity index (χ1n) is 11.9. The molecule has 0 fully saturated rings. The van der Waals surface area contributed by atoms with Crippen LogP contribution in [0.3, 0.4) is 0 Å². The van der Waals surface area contributed by atoms with Crippen molar-refractivity contribution in [2.24, 2.45) is 0 Å². The Bertz CT molecular complexity index is 1160. The number of nitrogens with zero attached hydrogens (tertiary/aromatic N) is 2. The van der Waals surface area contributed by atoms with Gasteiger partial charge in [0.2, 0.25) is 0 Å². The van der Waals surface area contributed by atoms with E-state index < -0.39 is 8.60 Å². The molecule has 4 rings (SSSR count). The molecule has 37 heavy (non-hydrogen) atoms. The summed E-state index contributed by atoms with van der Waals surface area (Å²) in [7, 11) is 6.29. The highest BCUT2D eigenvalue weighted by Crippen LogP contribution is 2.42.